The number of rotatable bonds is 4. The molecule has 1 aliphatic rings. The van der Waals surface area contributed by atoms with Crippen molar-refractivity contribution in [2.45, 2.75) is 39.2 Å². The first-order valence-corrected chi connectivity index (χ1v) is 6.98. The maximum Gasteiger partial charge on any atom is 0.307 e. The van der Waals surface area contributed by atoms with Crippen LogP contribution in [0.5, 0.6) is 0 Å². The minimum atomic E-state index is -0.859. The van der Waals surface area contributed by atoms with Crippen molar-refractivity contribution in [1.29, 1.82) is 0 Å². The highest BCUT2D eigenvalue weighted by Crippen LogP contribution is 2.30. The maximum atomic E-state index is 12.2. The van der Waals surface area contributed by atoms with Crippen molar-refractivity contribution >= 4 is 11.9 Å². The Bertz CT molecular complexity index is 510. The first-order valence-electron chi connectivity index (χ1n) is 6.98. The Morgan fingerprint density at radius 2 is 2.05 bits per heavy atom. The fraction of sp³-hybridized carbons (Fsp3) is 0.643. The van der Waals surface area contributed by atoms with Crippen molar-refractivity contribution in [2.75, 3.05) is 0 Å². The molecule has 0 saturated heterocycles. The summed E-state index contributed by atoms with van der Waals surface area (Å²) in [6.07, 6.45) is 4.80. The van der Waals surface area contributed by atoms with Crippen LogP contribution in [-0.4, -0.2) is 26.8 Å². The van der Waals surface area contributed by atoms with Crippen LogP contribution in [0.4, 0.5) is 0 Å². The predicted octanol–water partition coefficient (Wildman–Crippen LogP) is 1.24. The molecule has 0 unspecified atom stereocenters. The van der Waals surface area contributed by atoms with E-state index in [0.717, 1.165) is 24.1 Å². The second-order valence-corrected chi connectivity index (χ2v) is 5.43. The maximum absolute atomic E-state index is 12.2. The molecule has 0 radical (unpaired) electrons. The molecule has 20 heavy (non-hydrogen) atoms. The van der Waals surface area contributed by atoms with Crippen LogP contribution in [0.3, 0.4) is 0 Å². The average molecular weight is 279 g/mol. The number of nitrogens with one attached hydrogen (secondary N) is 1. The number of aromatic nitrogens is 2. The van der Waals surface area contributed by atoms with Crippen molar-refractivity contribution in [3.05, 3.63) is 17.5 Å². The second-order valence-electron chi connectivity index (χ2n) is 5.43. The molecule has 1 amide bonds. The van der Waals surface area contributed by atoms with Gasteiger partial charge in [-0.15, -0.1) is 0 Å². The van der Waals surface area contributed by atoms with Crippen LogP contribution < -0.4 is 5.32 Å². The van der Waals surface area contributed by atoms with Gasteiger partial charge in [0.05, 0.1) is 18.0 Å². The Balaban J connectivity index is 1.96. The second kappa shape index (κ2) is 6.07. The summed E-state index contributed by atoms with van der Waals surface area (Å²) < 4.78 is 1.75. The Hall–Kier alpha value is -1.85. The topological polar surface area (TPSA) is 84.2 Å². The van der Waals surface area contributed by atoms with Crippen molar-refractivity contribution in [1.82, 2.24) is 15.1 Å². The SMILES string of the molecule is Cc1c(CNC(=O)[C@H]2CCCC[C@@H]2C(=O)O)cnn1C. The number of carboxylic acids is 1. The first-order chi connectivity index (χ1) is 9.50. The highest BCUT2D eigenvalue weighted by atomic mass is 16.4. The van der Waals surface area contributed by atoms with E-state index in [9.17, 15) is 14.7 Å². The third-order valence-corrected chi connectivity index (χ3v) is 4.21. The number of carbonyl (C=O) groups is 2. The van der Waals surface area contributed by atoms with Gasteiger partial charge in [0, 0.05) is 24.8 Å². The Morgan fingerprint density at radius 1 is 1.40 bits per heavy atom. The van der Waals surface area contributed by atoms with Crippen LogP contribution in [0.2, 0.25) is 0 Å². The summed E-state index contributed by atoms with van der Waals surface area (Å²) in [5.74, 6) is -1.96. The molecule has 2 rings (SSSR count). The lowest BCUT2D eigenvalue weighted by Crippen LogP contribution is -2.39. The lowest BCUT2D eigenvalue weighted by atomic mass is 9.78. The molecule has 6 nitrogen and oxygen atoms in total. The Kier molecular flexibility index (Phi) is 4.42. The zero-order valence-corrected chi connectivity index (χ0v) is 11.9. The number of aryl methyl sites for hydroxylation is 1. The van der Waals surface area contributed by atoms with Gasteiger partial charge in [-0.25, -0.2) is 0 Å². The van der Waals surface area contributed by atoms with Gasteiger partial charge in [-0.3, -0.25) is 14.3 Å². The van der Waals surface area contributed by atoms with Crippen molar-refractivity contribution in [3.63, 3.8) is 0 Å². The summed E-state index contributed by atoms with van der Waals surface area (Å²) in [6, 6.07) is 0. The van der Waals surface area contributed by atoms with Gasteiger partial charge in [-0.1, -0.05) is 12.8 Å². The van der Waals surface area contributed by atoms with Crippen LogP contribution in [0.15, 0.2) is 6.20 Å². The lowest BCUT2D eigenvalue weighted by molar-refractivity contribution is -0.148. The quantitative estimate of drug-likeness (QED) is 0.868. The van der Waals surface area contributed by atoms with E-state index in [1.165, 1.54) is 0 Å². The van der Waals surface area contributed by atoms with E-state index in [4.69, 9.17) is 0 Å². The van der Waals surface area contributed by atoms with E-state index in [0.29, 0.717) is 19.4 Å². The van der Waals surface area contributed by atoms with Gasteiger partial charge in [-0.2, -0.15) is 5.10 Å². The minimum Gasteiger partial charge on any atom is -0.481 e. The van der Waals surface area contributed by atoms with E-state index in [1.807, 2.05) is 14.0 Å². The summed E-state index contributed by atoms with van der Waals surface area (Å²) in [5, 5.41) is 16.2. The summed E-state index contributed by atoms with van der Waals surface area (Å²) in [7, 11) is 1.85. The molecule has 1 aromatic heterocycles. The number of carboxylic acid groups (broad SMARTS) is 1. The molecule has 2 N–H and O–H groups in total. The van der Waals surface area contributed by atoms with Crippen molar-refractivity contribution < 1.29 is 14.7 Å². The largest absolute Gasteiger partial charge is 0.481 e. The van der Waals surface area contributed by atoms with E-state index >= 15 is 0 Å². The molecule has 1 aliphatic carbocycles. The number of nitrogens with zero attached hydrogens (tertiary/aromatic N) is 2. The zero-order chi connectivity index (χ0) is 14.7. The monoisotopic (exact) mass is 279 g/mol. The third kappa shape index (κ3) is 3.00. The van der Waals surface area contributed by atoms with Crippen LogP contribution in [-0.2, 0) is 23.2 Å². The van der Waals surface area contributed by atoms with E-state index in [1.54, 1.807) is 10.9 Å². The molecule has 1 fully saturated rings. The first kappa shape index (κ1) is 14.6. The van der Waals surface area contributed by atoms with Crippen LogP contribution in [0, 0.1) is 18.8 Å². The fourth-order valence-electron chi connectivity index (χ4n) is 2.77. The normalized spacial score (nSPS) is 22.5. The smallest absolute Gasteiger partial charge is 0.307 e. The molecule has 6 heteroatoms. The third-order valence-electron chi connectivity index (χ3n) is 4.21. The van der Waals surface area contributed by atoms with Gasteiger partial charge >= 0.3 is 5.97 Å². The van der Waals surface area contributed by atoms with Gasteiger partial charge in [-0.05, 0) is 19.8 Å². The van der Waals surface area contributed by atoms with Crippen molar-refractivity contribution in [3.8, 4) is 0 Å². The molecule has 0 bridgehead atoms. The Morgan fingerprint density at radius 3 is 2.60 bits per heavy atom. The van der Waals surface area contributed by atoms with Gasteiger partial charge in [0.2, 0.25) is 5.91 Å². The summed E-state index contributed by atoms with van der Waals surface area (Å²) >= 11 is 0. The molecule has 0 aromatic carbocycles. The standard InChI is InChI=1S/C14H21N3O3/c1-9-10(8-16-17(9)2)7-15-13(18)11-5-3-4-6-12(11)14(19)20/h8,11-12H,3-7H2,1-2H3,(H,15,18)(H,19,20)/t11-,12-/m0/s1. The van der Waals surface area contributed by atoms with Gasteiger partial charge < -0.3 is 10.4 Å². The summed E-state index contributed by atoms with van der Waals surface area (Å²) in [5.41, 5.74) is 1.97. The lowest BCUT2D eigenvalue weighted by Gasteiger charge is -2.27. The molecule has 1 saturated carbocycles. The number of hydrogen-bond acceptors (Lipinski definition) is 3. The van der Waals surface area contributed by atoms with Gasteiger partial charge in [0.1, 0.15) is 0 Å². The molecule has 1 heterocycles. The van der Waals surface area contributed by atoms with E-state index in [2.05, 4.69) is 10.4 Å². The van der Waals surface area contributed by atoms with Crippen LogP contribution in [0.25, 0.3) is 0 Å². The molecular formula is C14H21N3O3. The fourth-order valence-corrected chi connectivity index (χ4v) is 2.77. The van der Waals surface area contributed by atoms with E-state index in [-0.39, 0.29) is 5.91 Å². The van der Waals surface area contributed by atoms with E-state index < -0.39 is 17.8 Å². The number of carbonyl (C=O) groups excluding carboxylic acids is 1. The van der Waals surface area contributed by atoms with Gasteiger partial charge in [0.15, 0.2) is 0 Å². The highest BCUT2D eigenvalue weighted by Gasteiger charge is 2.35. The van der Waals surface area contributed by atoms with Crippen LogP contribution in [0.1, 0.15) is 36.9 Å². The van der Waals surface area contributed by atoms with Gasteiger partial charge in [0.25, 0.3) is 0 Å². The molecule has 0 aliphatic heterocycles. The molecule has 0 spiro atoms. The predicted molar refractivity (Wildman–Crippen MR) is 72.9 cm³/mol. The molecule has 110 valence electrons. The zero-order valence-electron chi connectivity index (χ0n) is 11.9. The number of amides is 1. The summed E-state index contributed by atoms with van der Waals surface area (Å²) in [6.45, 7) is 2.34. The van der Waals surface area contributed by atoms with Crippen molar-refractivity contribution in [2.24, 2.45) is 18.9 Å². The average Bonchev–Trinajstić information content (AvgIpc) is 2.76. The number of hydrogen-bond donors (Lipinski definition) is 2. The molecule has 2 atom stereocenters. The van der Waals surface area contributed by atoms with Crippen LogP contribution >= 0.6 is 0 Å². The molecular weight excluding hydrogens is 258 g/mol. The molecule has 1 aromatic rings. The number of aliphatic carboxylic acids is 1. The minimum absolute atomic E-state index is 0.152. The summed E-state index contributed by atoms with van der Waals surface area (Å²) in [4.78, 5) is 23.4. The highest BCUT2D eigenvalue weighted by molar-refractivity contribution is 5.84. The Labute approximate surface area is 118 Å².